The van der Waals surface area contributed by atoms with Crippen molar-refractivity contribution in [3.05, 3.63) is 21.9 Å². The zero-order chi connectivity index (χ0) is 13.8. The van der Waals surface area contributed by atoms with Crippen LogP contribution in [0.2, 0.25) is 0 Å². The highest BCUT2D eigenvalue weighted by atomic mass is 32.2. The van der Waals surface area contributed by atoms with Crippen LogP contribution in [0.3, 0.4) is 0 Å². The monoisotopic (exact) mass is 300 g/mol. The molecule has 102 valence electrons. The summed E-state index contributed by atoms with van der Waals surface area (Å²) in [5.41, 5.74) is 0. The number of nitrogens with zero attached hydrogens (tertiary/aromatic N) is 4. The third kappa shape index (κ3) is 3.52. The van der Waals surface area contributed by atoms with E-state index in [9.17, 15) is 9.90 Å². The Kier molecular flexibility index (Phi) is 4.51. The molecule has 0 aliphatic carbocycles. The quantitative estimate of drug-likeness (QED) is 0.759. The van der Waals surface area contributed by atoms with Crippen LogP contribution in [-0.2, 0) is 17.9 Å². The molecule has 7 nitrogen and oxygen atoms in total. The van der Waals surface area contributed by atoms with Gasteiger partial charge >= 0.3 is 5.97 Å². The first-order chi connectivity index (χ1) is 9.10. The van der Waals surface area contributed by atoms with E-state index in [1.165, 1.54) is 0 Å². The van der Waals surface area contributed by atoms with E-state index in [4.69, 9.17) is 5.11 Å². The van der Waals surface area contributed by atoms with Crippen LogP contribution >= 0.6 is 23.1 Å². The summed E-state index contributed by atoms with van der Waals surface area (Å²) in [6.45, 7) is 2.15. The molecule has 2 heterocycles. The predicted octanol–water partition coefficient (Wildman–Crippen LogP) is 0.760. The van der Waals surface area contributed by atoms with Gasteiger partial charge in [-0.05, 0) is 6.92 Å². The van der Waals surface area contributed by atoms with Crippen molar-refractivity contribution in [1.29, 1.82) is 0 Å². The van der Waals surface area contributed by atoms with Crippen molar-refractivity contribution >= 4 is 29.1 Å². The third-order valence-corrected chi connectivity index (χ3v) is 4.09. The first-order valence-electron chi connectivity index (χ1n) is 5.39. The molecule has 0 aliphatic rings. The van der Waals surface area contributed by atoms with Crippen LogP contribution in [0.5, 0.6) is 0 Å². The number of hydrogen-bond acceptors (Lipinski definition) is 7. The molecule has 19 heavy (non-hydrogen) atoms. The average molecular weight is 300 g/mol. The third-order valence-electron chi connectivity index (χ3n) is 2.24. The number of aliphatic hydroxyl groups is 1. The summed E-state index contributed by atoms with van der Waals surface area (Å²) in [5, 5.41) is 27.1. The smallest absolute Gasteiger partial charge is 0.313 e. The Balaban J connectivity index is 2.20. The molecule has 0 bridgehead atoms. The summed E-state index contributed by atoms with van der Waals surface area (Å²) in [5.74, 6) is -0.594. The lowest BCUT2D eigenvalue weighted by Crippen LogP contribution is -2.07. The number of carboxylic acid groups (broad SMARTS) is 1. The number of aromatic nitrogens is 4. The molecular weight excluding hydrogens is 288 g/mol. The molecular formula is C10H12N4O3S2. The van der Waals surface area contributed by atoms with Gasteiger partial charge in [0.25, 0.3) is 0 Å². The van der Waals surface area contributed by atoms with Gasteiger partial charge < -0.3 is 10.2 Å². The van der Waals surface area contributed by atoms with E-state index in [1.807, 2.05) is 6.92 Å². The lowest BCUT2D eigenvalue weighted by Gasteiger charge is -2.06. The summed E-state index contributed by atoms with van der Waals surface area (Å²) in [6.07, 6.45) is 1.76. The van der Waals surface area contributed by atoms with E-state index in [2.05, 4.69) is 15.2 Å². The van der Waals surface area contributed by atoms with Gasteiger partial charge in [0.15, 0.2) is 11.0 Å². The maximum atomic E-state index is 10.6. The summed E-state index contributed by atoms with van der Waals surface area (Å²) >= 11 is 2.62. The van der Waals surface area contributed by atoms with Crippen LogP contribution in [0.25, 0.3) is 0 Å². The zero-order valence-corrected chi connectivity index (χ0v) is 11.7. The fraction of sp³-hybridized carbons (Fsp3) is 0.400. The Bertz CT molecular complexity index is 581. The second-order valence-electron chi connectivity index (χ2n) is 3.67. The fourth-order valence-corrected chi connectivity index (χ4v) is 2.92. The number of thioether (sulfide) groups is 1. The van der Waals surface area contributed by atoms with Crippen LogP contribution in [-0.4, -0.2) is 41.7 Å². The minimum absolute atomic E-state index is 0.0920. The Labute approximate surface area is 117 Å². The molecule has 0 fully saturated rings. The molecule has 0 radical (unpaired) electrons. The Hall–Kier alpha value is -1.45. The first-order valence-corrected chi connectivity index (χ1v) is 7.19. The molecule has 9 heteroatoms. The largest absolute Gasteiger partial charge is 0.481 e. The summed E-state index contributed by atoms with van der Waals surface area (Å²) in [7, 11) is 0. The highest BCUT2D eigenvalue weighted by Gasteiger charge is 2.14. The Morgan fingerprint density at radius 3 is 2.89 bits per heavy atom. The highest BCUT2D eigenvalue weighted by molar-refractivity contribution is 7.99. The van der Waals surface area contributed by atoms with Crippen molar-refractivity contribution in [3.8, 4) is 0 Å². The highest BCUT2D eigenvalue weighted by Crippen LogP contribution is 2.20. The summed E-state index contributed by atoms with van der Waals surface area (Å²) in [4.78, 5) is 15.7. The molecule has 0 aliphatic heterocycles. The van der Waals surface area contributed by atoms with Crippen molar-refractivity contribution < 1.29 is 15.0 Å². The molecule has 2 rings (SSSR count). The Morgan fingerprint density at radius 2 is 2.32 bits per heavy atom. The van der Waals surface area contributed by atoms with Crippen LogP contribution in [0.4, 0.5) is 0 Å². The van der Waals surface area contributed by atoms with Gasteiger partial charge in [-0.15, -0.1) is 21.5 Å². The fourth-order valence-electron chi connectivity index (χ4n) is 1.46. The minimum Gasteiger partial charge on any atom is -0.481 e. The molecule has 0 aromatic carbocycles. The van der Waals surface area contributed by atoms with Gasteiger partial charge in [0.05, 0.1) is 17.3 Å². The molecule has 2 N–H and O–H groups in total. The molecule has 0 saturated carbocycles. The van der Waals surface area contributed by atoms with Crippen molar-refractivity contribution in [3.63, 3.8) is 0 Å². The standard InChI is InChI=1S/C10H12N4O3S2/c1-6-11-2-7(19-6)3-14-8(4-15)12-13-10(14)18-5-9(16)17/h2,15H,3-5H2,1H3,(H,16,17). The number of aryl methyl sites for hydroxylation is 1. The van der Waals surface area contributed by atoms with Crippen LogP contribution < -0.4 is 0 Å². The van der Waals surface area contributed by atoms with Gasteiger partial charge in [-0.25, -0.2) is 4.98 Å². The average Bonchev–Trinajstić information content (AvgIpc) is 2.94. The van der Waals surface area contributed by atoms with Gasteiger partial charge in [0, 0.05) is 11.1 Å². The summed E-state index contributed by atoms with van der Waals surface area (Å²) in [6, 6.07) is 0. The van der Waals surface area contributed by atoms with Crippen LogP contribution in [0.1, 0.15) is 15.7 Å². The van der Waals surface area contributed by atoms with Crippen molar-refractivity contribution in [1.82, 2.24) is 19.7 Å². The first kappa shape index (κ1) is 14.0. The number of rotatable bonds is 6. The molecule has 2 aromatic rings. The number of aliphatic hydroxyl groups excluding tert-OH is 1. The van der Waals surface area contributed by atoms with Crippen molar-refractivity contribution in [2.45, 2.75) is 25.2 Å². The van der Waals surface area contributed by atoms with Crippen molar-refractivity contribution in [2.24, 2.45) is 0 Å². The van der Waals surface area contributed by atoms with E-state index in [1.54, 1.807) is 22.1 Å². The van der Waals surface area contributed by atoms with E-state index in [0.29, 0.717) is 17.5 Å². The van der Waals surface area contributed by atoms with Crippen LogP contribution in [0, 0.1) is 6.92 Å². The maximum Gasteiger partial charge on any atom is 0.313 e. The van der Waals surface area contributed by atoms with E-state index < -0.39 is 5.97 Å². The van der Waals surface area contributed by atoms with E-state index in [-0.39, 0.29) is 12.4 Å². The molecule has 0 saturated heterocycles. The normalized spacial score (nSPS) is 10.8. The van der Waals surface area contributed by atoms with E-state index >= 15 is 0 Å². The molecule has 0 spiro atoms. The van der Waals surface area contributed by atoms with Gasteiger partial charge in [-0.1, -0.05) is 11.8 Å². The second kappa shape index (κ2) is 6.13. The maximum absolute atomic E-state index is 10.6. The van der Waals surface area contributed by atoms with Gasteiger partial charge in [-0.2, -0.15) is 0 Å². The van der Waals surface area contributed by atoms with Gasteiger partial charge in [0.2, 0.25) is 0 Å². The molecule has 2 aromatic heterocycles. The van der Waals surface area contributed by atoms with Crippen LogP contribution in [0.15, 0.2) is 11.4 Å². The lowest BCUT2D eigenvalue weighted by atomic mass is 10.5. The lowest BCUT2D eigenvalue weighted by molar-refractivity contribution is -0.133. The molecule has 0 amide bonds. The van der Waals surface area contributed by atoms with Gasteiger partial charge in [-0.3, -0.25) is 9.36 Å². The molecule has 0 unspecified atom stereocenters. The van der Waals surface area contributed by atoms with Gasteiger partial charge in [0.1, 0.15) is 6.61 Å². The molecule has 0 atom stereocenters. The minimum atomic E-state index is -0.918. The topological polar surface area (TPSA) is 101 Å². The summed E-state index contributed by atoms with van der Waals surface area (Å²) < 4.78 is 1.71. The second-order valence-corrected chi connectivity index (χ2v) is 5.93. The SMILES string of the molecule is Cc1ncc(Cn2c(CO)nnc2SCC(=O)O)s1. The number of carbonyl (C=O) groups is 1. The zero-order valence-electron chi connectivity index (χ0n) is 10.1. The number of hydrogen-bond donors (Lipinski definition) is 2. The number of thiazole rings is 1. The Morgan fingerprint density at radius 1 is 1.53 bits per heavy atom. The number of carboxylic acids is 1. The van der Waals surface area contributed by atoms with E-state index in [0.717, 1.165) is 21.6 Å². The van der Waals surface area contributed by atoms with Crippen molar-refractivity contribution in [2.75, 3.05) is 5.75 Å². The predicted molar refractivity (Wildman–Crippen MR) is 70.3 cm³/mol. The number of aliphatic carboxylic acids is 1.